The van der Waals surface area contributed by atoms with Gasteiger partial charge < -0.3 is 4.98 Å². The molecule has 4 nitrogen and oxygen atoms in total. The van der Waals surface area contributed by atoms with Crippen molar-refractivity contribution in [2.24, 2.45) is 0 Å². The summed E-state index contributed by atoms with van der Waals surface area (Å²) in [6.45, 7) is 3.91. The van der Waals surface area contributed by atoms with Crippen molar-refractivity contribution in [1.29, 1.82) is 0 Å². The lowest BCUT2D eigenvalue weighted by Crippen LogP contribution is -2.11. The van der Waals surface area contributed by atoms with Crippen molar-refractivity contribution in [2.75, 3.05) is 0 Å². The quantitative estimate of drug-likeness (QED) is 0.703. The molecule has 0 amide bonds. The largest absolute Gasteiger partial charge is 0.307 e. The van der Waals surface area contributed by atoms with Crippen molar-refractivity contribution in [3.63, 3.8) is 0 Å². The summed E-state index contributed by atoms with van der Waals surface area (Å²) in [6, 6.07) is 3.44. The van der Waals surface area contributed by atoms with E-state index in [0.717, 1.165) is 23.5 Å². The van der Waals surface area contributed by atoms with E-state index in [1.165, 1.54) is 0 Å². The van der Waals surface area contributed by atoms with Gasteiger partial charge in [0.15, 0.2) is 0 Å². The Morgan fingerprint density at radius 1 is 1.54 bits per heavy atom. The second-order valence-electron chi connectivity index (χ2n) is 3.06. The van der Waals surface area contributed by atoms with Crippen LogP contribution in [0.4, 0.5) is 0 Å². The first-order chi connectivity index (χ1) is 6.20. The van der Waals surface area contributed by atoms with Crippen molar-refractivity contribution >= 4 is 5.65 Å². The van der Waals surface area contributed by atoms with Gasteiger partial charge in [0.05, 0.1) is 5.69 Å². The van der Waals surface area contributed by atoms with E-state index in [0.29, 0.717) is 0 Å². The predicted octanol–water partition coefficient (Wildman–Crippen LogP) is 0.893. The number of aryl methyl sites for hydroxylation is 2. The minimum absolute atomic E-state index is 0.0655. The highest BCUT2D eigenvalue weighted by Crippen LogP contribution is 2.04. The smallest absolute Gasteiger partial charge is 0.251 e. The summed E-state index contributed by atoms with van der Waals surface area (Å²) < 4.78 is 1.77. The first-order valence-corrected chi connectivity index (χ1v) is 4.29. The lowest BCUT2D eigenvalue weighted by atomic mass is 10.3. The molecule has 0 bridgehead atoms. The summed E-state index contributed by atoms with van der Waals surface area (Å²) in [7, 11) is 0. The predicted molar refractivity (Wildman–Crippen MR) is 49.9 cm³/mol. The molecule has 13 heavy (non-hydrogen) atoms. The normalized spacial score (nSPS) is 10.9. The van der Waals surface area contributed by atoms with Crippen LogP contribution in [-0.2, 0) is 6.42 Å². The monoisotopic (exact) mass is 177 g/mol. The molecule has 0 aliphatic heterocycles. The first kappa shape index (κ1) is 8.04. The van der Waals surface area contributed by atoms with Crippen LogP contribution in [0, 0.1) is 6.92 Å². The Labute approximate surface area is 75.2 Å². The summed E-state index contributed by atoms with van der Waals surface area (Å²) in [5, 5.41) is 4.27. The molecule has 4 heteroatoms. The fraction of sp³-hybridized carbons (Fsp3) is 0.333. The number of rotatable bonds is 1. The van der Waals surface area contributed by atoms with E-state index in [1.54, 1.807) is 10.6 Å². The lowest BCUT2D eigenvalue weighted by molar-refractivity contribution is 0.831. The van der Waals surface area contributed by atoms with Crippen molar-refractivity contribution < 1.29 is 0 Å². The van der Waals surface area contributed by atoms with Gasteiger partial charge in [0.25, 0.3) is 5.56 Å². The Balaban J connectivity index is 2.88. The molecule has 0 fully saturated rings. The summed E-state index contributed by atoms with van der Waals surface area (Å²) in [5.74, 6) is 0. The summed E-state index contributed by atoms with van der Waals surface area (Å²) >= 11 is 0. The molecule has 0 atom stereocenters. The van der Waals surface area contributed by atoms with Gasteiger partial charge in [-0.15, -0.1) is 0 Å². The molecule has 0 aromatic carbocycles. The summed E-state index contributed by atoms with van der Waals surface area (Å²) in [6.07, 6.45) is 0.807. The minimum Gasteiger partial charge on any atom is -0.307 e. The molecule has 0 aliphatic carbocycles. The average molecular weight is 177 g/mol. The highest BCUT2D eigenvalue weighted by molar-refractivity contribution is 5.39. The van der Waals surface area contributed by atoms with Gasteiger partial charge in [0.2, 0.25) is 0 Å². The second kappa shape index (κ2) is 2.73. The van der Waals surface area contributed by atoms with E-state index < -0.39 is 0 Å². The Kier molecular flexibility index (Phi) is 1.69. The molecular weight excluding hydrogens is 166 g/mol. The zero-order chi connectivity index (χ0) is 9.42. The van der Waals surface area contributed by atoms with Crippen molar-refractivity contribution in [2.45, 2.75) is 20.3 Å². The molecule has 2 aromatic rings. The maximum absolute atomic E-state index is 11.2. The lowest BCUT2D eigenvalue weighted by Gasteiger charge is -1.99. The number of H-pyrrole nitrogens is 1. The molecule has 2 rings (SSSR count). The van der Waals surface area contributed by atoms with Crippen LogP contribution in [0.2, 0.25) is 0 Å². The van der Waals surface area contributed by atoms with Gasteiger partial charge >= 0.3 is 0 Å². The third-order valence-electron chi connectivity index (χ3n) is 2.01. The van der Waals surface area contributed by atoms with E-state index in [4.69, 9.17) is 0 Å². The first-order valence-electron chi connectivity index (χ1n) is 4.29. The van der Waals surface area contributed by atoms with Crippen LogP contribution < -0.4 is 5.56 Å². The number of hydrogen-bond donors (Lipinski definition) is 1. The van der Waals surface area contributed by atoms with Gasteiger partial charge in [0, 0.05) is 17.8 Å². The van der Waals surface area contributed by atoms with Gasteiger partial charge in [-0.3, -0.25) is 4.79 Å². The average Bonchev–Trinajstić information content (AvgIpc) is 2.43. The van der Waals surface area contributed by atoms with Crippen LogP contribution in [0.5, 0.6) is 0 Å². The zero-order valence-corrected chi connectivity index (χ0v) is 7.66. The van der Waals surface area contributed by atoms with E-state index in [2.05, 4.69) is 10.1 Å². The molecule has 2 aromatic heterocycles. The Bertz CT molecular complexity index is 495. The van der Waals surface area contributed by atoms with Crippen molar-refractivity contribution in [1.82, 2.24) is 14.6 Å². The molecule has 0 spiro atoms. The van der Waals surface area contributed by atoms with E-state index in [9.17, 15) is 4.79 Å². The van der Waals surface area contributed by atoms with Crippen LogP contribution in [0.25, 0.3) is 5.65 Å². The Morgan fingerprint density at radius 2 is 2.31 bits per heavy atom. The standard InChI is InChI=1S/C9H11N3O/c1-3-7-5-9(13)10-8-4-6(2)11-12(7)8/h4-5H,3H2,1-2H3,(H,10,13). The number of aromatic amines is 1. The molecular formula is C9H11N3O. The zero-order valence-electron chi connectivity index (χ0n) is 7.66. The van der Waals surface area contributed by atoms with Crippen LogP contribution in [0.1, 0.15) is 18.3 Å². The molecule has 0 saturated heterocycles. The highest BCUT2D eigenvalue weighted by atomic mass is 16.1. The van der Waals surface area contributed by atoms with Crippen LogP contribution in [0.15, 0.2) is 16.9 Å². The van der Waals surface area contributed by atoms with Crippen molar-refractivity contribution in [3.8, 4) is 0 Å². The molecule has 1 N–H and O–H groups in total. The topological polar surface area (TPSA) is 50.2 Å². The highest BCUT2D eigenvalue weighted by Gasteiger charge is 2.02. The Hall–Kier alpha value is -1.58. The number of hydrogen-bond acceptors (Lipinski definition) is 2. The van der Waals surface area contributed by atoms with Gasteiger partial charge in [-0.2, -0.15) is 5.10 Å². The number of nitrogens with zero attached hydrogens (tertiary/aromatic N) is 2. The van der Waals surface area contributed by atoms with Crippen LogP contribution in [-0.4, -0.2) is 14.6 Å². The minimum atomic E-state index is -0.0655. The van der Waals surface area contributed by atoms with E-state index in [-0.39, 0.29) is 5.56 Å². The van der Waals surface area contributed by atoms with Crippen LogP contribution in [0.3, 0.4) is 0 Å². The van der Waals surface area contributed by atoms with Gasteiger partial charge in [-0.25, -0.2) is 4.52 Å². The SMILES string of the molecule is CCc1cc(=O)[nH]c2cc(C)nn12. The number of fused-ring (bicyclic) bond motifs is 1. The second-order valence-corrected chi connectivity index (χ2v) is 3.06. The fourth-order valence-electron chi connectivity index (χ4n) is 1.43. The number of nitrogens with one attached hydrogen (secondary N) is 1. The van der Waals surface area contributed by atoms with Crippen LogP contribution >= 0.6 is 0 Å². The van der Waals surface area contributed by atoms with Crippen molar-refractivity contribution in [3.05, 3.63) is 33.9 Å². The fourth-order valence-corrected chi connectivity index (χ4v) is 1.43. The molecule has 0 saturated carbocycles. The van der Waals surface area contributed by atoms with Gasteiger partial charge in [-0.1, -0.05) is 6.92 Å². The third-order valence-corrected chi connectivity index (χ3v) is 2.01. The van der Waals surface area contributed by atoms with E-state index >= 15 is 0 Å². The molecule has 0 radical (unpaired) electrons. The molecule has 0 aliphatic rings. The summed E-state index contributed by atoms with van der Waals surface area (Å²) in [4.78, 5) is 13.9. The molecule has 68 valence electrons. The van der Waals surface area contributed by atoms with E-state index in [1.807, 2.05) is 19.9 Å². The summed E-state index contributed by atoms with van der Waals surface area (Å²) in [5.41, 5.74) is 2.55. The maximum atomic E-state index is 11.2. The Morgan fingerprint density at radius 3 is 3.00 bits per heavy atom. The van der Waals surface area contributed by atoms with Gasteiger partial charge in [-0.05, 0) is 13.3 Å². The van der Waals surface area contributed by atoms with Gasteiger partial charge in [0.1, 0.15) is 5.65 Å². The maximum Gasteiger partial charge on any atom is 0.251 e. The molecule has 2 heterocycles. The molecule has 0 unspecified atom stereocenters. The third kappa shape index (κ3) is 1.24. The number of aromatic nitrogens is 3.